The van der Waals surface area contributed by atoms with Crippen LogP contribution in [0.3, 0.4) is 0 Å². The number of nitrogens with one attached hydrogen (secondary N) is 1. The van der Waals surface area contributed by atoms with Gasteiger partial charge in [-0.3, -0.25) is 11.3 Å². The van der Waals surface area contributed by atoms with Crippen molar-refractivity contribution in [2.24, 2.45) is 5.84 Å². The maximum absolute atomic E-state index is 5.86. The third-order valence-corrected chi connectivity index (χ3v) is 3.04. The minimum absolute atomic E-state index is 0.113. The van der Waals surface area contributed by atoms with E-state index in [1.54, 1.807) is 13.2 Å². The number of benzene rings is 1. The highest BCUT2D eigenvalue weighted by Gasteiger charge is 2.13. The Hall–Kier alpha value is -1.69. The van der Waals surface area contributed by atoms with Crippen molar-refractivity contribution in [2.75, 3.05) is 7.11 Å². The lowest BCUT2D eigenvalue weighted by Crippen LogP contribution is -2.30. The van der Waals surface area contributed by atoms with Crippen molar-refractivity contribution < 1.29 is 4.74 Å². The van der Waals surface area contributed by atoms with Gasteiger partial charge < -0.3 is 4.74 Å². The summed E-state index contributed by atoms with van der Waals surface area (Å²) in [7, 11) is 1.57. The van der Waals surface area contributed by atoms with Crippen molar-refractivity contribution in [3.63, 3.8) is 0 Å². The number of methoxy groups -OCH3 is 1. The predicted molar refractivity (Wildman–Crippen MR) is 73.8 cm³/mol. The monoisotopic (exact) mass is 278 g/mol. The molecule has 1 unspecified atom stereocenters. The third kappa shape index (κ3) is 3.64. The fraction of sp³-hybridized carbons (Fsp3) is 0.231. The summed E-state index contributed by atoms with van der Waals surface area (Å²) in [6, 6.07) is 9.28. The highest BCUT2D eigenvalue weighted by atomic mass is 35.5. The summed E-state index contributed by atoms with van der Waals surface area (Å²) in [5, 5.41) is 0.713. The van der Waals surface area contributed by atoms with Crippen molar-refractivity contribution in [3.8, 4) is 5.88 Å². The second kappa shape index (κ2) is 6.47. The van der Waals surface area contributed by atoms with Crippen molar-refractivity contribution >= 4 is 11.6 Å². The Morgan fingerprint density at radius 3 is 2.68 bits per heavy atom. The first kappa shape index (κ1) is 13.7. The predicted octanol–water partition coefficient (Wildman–Crippen LogP) is 1.89. The normalized spacial score (nSPS) is 12.2. The Balaban J connectivity index is 2.17. The van der Waals surface area contributed by atoms with Crippen LogP contribution < -0.4 is 16.0 Å². The van der Waals surface area contributed by atoms with Gasteiger partial charge in [0.25, 0.3) is 0 Å². The topological polar surface area (TPSA) is 73.1 Å². The second-order valence-corrected chi connectivity index (χ2v) is 4.47. The van der Waals surface area contributed by atoms with Gasteiger partial charge in [-0.2, -0.15) is 0 Å². The zero-order chi connectivity index (χ0) is 13.7. The van der Waals surface area contributed by atoms with Crippen LogP contribution >= 0.6 is 11.6 Å². The summed E-state index contributed by atoms with van der Waals surface area (Å²) in [5.74, 6) is 6.11. The number of aromatic nitrogens is 2. The molecule has 19 heavy (non-hydrogen) atoms. The highest BCUT2D eigenvalue weighted by Crippen LogP contribution is 2.19. The van der Waals surface area contributed by atoms with Crippen LogP contribution in [0.4, 0.5) is 0 Å². The molecular weight excluding hydrogens is 264 g/mol. The largest absolute Gasteiger partial charge is 0.481 e. The van der Waals surface area contributed by atoms with E-state index in [-0.39, 0.29) is 6.04 Å². The molecule has 0 aliphatic rings. The Morgan fingerprint density at radius 2 is 2.05 bits per heavy atom. The van der Waals surface area contributed by atoms with E-state index in [9.17, 15) is 0 Å². The van der Waals surface area contributed by atoms with Crippen LogP contribution in [-0.4, -0.2) is 17.1 Å². The van der Waals surface area contributed by atoms with Crippen molar-refractivity contribution in [2.45, 2.75) is 12.5 Å². The maximum Gasteiger partial charge on any atom is 0.216 e. The fourth-order valence-electron chi connectivity index (χ4n) is 1.76. The van der Waals surface area contributed by atoms with Gasteiger partial charge in [0.15, 0.2) is 0 Å². The zero-order valence-corrected chi connectivity index (χ0v) is 11.3. The number of nitrogens with zero attached hydrogens (tertiary/aromatic N) is 2. The van der Waals surface area contributed by atoms with Gasteiger partial charge in [0.1, 0.15) is 6.33 Å². The lowest BCUT2D eigenvalue weighted by molar-refractivity contribution is 0.393. The van der Waals surface area contributed by atoms with Gasteiger partial charge >= 0.3 is 0 Å². The van der Waals surface area contributed by atoms with E-state index < -0.39 is 0 Å². The summed E-state index contributed by atoms with van der Waals surface area (Å²) in [6.07, 6.45) is 2.16. The average molecular weight is 279 g/mol. The molecule has 1 heterocycles. The molecule has 0 aliphatic heterocycles. The first-order chi connectivity index (χ1) is 9.22. The van der Waals surface area contributed by atoms with E-state index >= 15 is 0 Å². The molecular formula is C13H15ClN4O. The molecule has 0 bridgehead atoms. The number of nitrogens with two attached hydrogens (primary N) is 1. The number of halogens is 1. The quantitative estimate of drug-likeness (QED) is 0.645. The molecule has 6 heteroatoms. The van der Waals surface area contributed by atoms with Crippen LogP contribution in [0, 0.1) is 0 Å². The van der Waals surface area contributed by atoms with E-state index in [0.717, 1.165) is 11.3 Å². The van der Waals surface area contributed by atoms with E-state index in [2.05, 4.69) is 15.4 Å². The molecule has 0 amide bonds. The van der Waals surface area contributed by atoms with Gasteiger partial charge in [-0.15, -0.1) is 0 Å². The van der Waals surface area contributed by atoms with E-state index in [1.165, 1.54) is 6.33 Å². The number of hydrazine groups is 1. The van der Waals surface area contributed by atoms with Gasteiger partial charge in [0, 0.05) is 11.1 Å². The number of ether oxygens (including phenoxy) is 1. The third-order valence-electron chi connectivity index (χ3n) is 2.78. The Kier molecular flexibility index (Phi) is 4.68. The minimum atomic E-state index is -0.113. The molecule has 2 aromatic rings. The van der Waals surface area contributed by atoms with Crippen LogP contribution in [0.5, 0.6) is 5.88 Å². The average Bonchev–Trinajstić information content (AvgIpc) is 2.46. The molecule has 0 aliphatic carbocycles. The van der Waals surface area contributed by atoms with Crippen molar-refractivity contribution in [1.82, 2.24) is 15.4 Å². The molecule has 0 spiro atoms. The van der Waals surface area contributed by atoms with E-state index in [4.69, 9.17) is 22.2 Å². The number of rotatable bonds is 5. The molecule has 100 valence electrons. The smallest absolute Gasteiger partial charge is 0.216 e. The summed E-state index contributed by atoms with van der Waals surface area (Å²) >= 11 is 5.86. The lowest BCUT2D eigenvalue weighted by atomic mass is 10.0. The summed E-state index contributed by atoms with van der Waals surface area (Å²) in [5.41, 5.74) is 4.65. The van der Waals surface area contributed by atoms with Crippen LogP contribution in [0.25, 0.3) is 0 Å². The standard InChI is InChI=1S/C13H15ClN4O/c1-19-13-7-11(16-8-17-13)12(18-15)6-9-2-4-10(14)5-3-9/h2-5,7-8,12,18H,6,15H2,1H3. The molecule has 1 aromatic carbocycles. The zero-order valence-electron chi connectivity index (χ0n) is 10.5. The lowest BCUT2D eigenvalue weighted by Gasteiger charge is -2.15. The molecule has 1 atom stereocenters. The molecule has 3 N–H and O–H groups in total. The molecule has 0 saturated heterocycles. The van der Waals surface area contributed by atoms with Crippen LogP contribution in [0.1, 0.15) is 17.3 Å². The van der Waals surface area contributed by atoms with Crippen LogP contribution in [-0.2, 0) is 6.42 Å². The van der Waals surface area contributed by atoms with Crippen molar-refractivity contribution in [3.05, 3.63) is 52.9 Å². The molecule has 0 fully saturated rings. The SMILES string of the molecule is COc1cc(C(Cc2ccc(Cl)cc2)NN)ncn1. The van der Waals surface area contributed by atoms with Gasteiger partial charge in [-0.1, -0.05) is 23.7 Å². The summed E-state index contributed by atoms with van der Waals surface area (Å²) < 4.78 is 5.08. The molecule has 1 aromatic heterocycles. The maximum atomic E-state index is 5.86. The van der Waals surface area contributed by atoms with E-state index in [0.29, 0.717) is 17.3 Å². The minimum Gasteiger partial charge on any atom is -0.481 e. The van der Waals surface area contributed by atoms with Gasteiger partial charge in [0.05, 0.1) is 18.8 Å². The molecule has 0 saturated carbocycles. The molecule has 5 nitrogen and oxygen atoms in total. The van der Waals surface area contributed by atoms with Gasteiger partial charge in [-0.05, 0) is 24.1 Å². The highest BCUT2D eigenvalue weighted by molar-refractivity contribution is 6.30. The second-order valence-electron chi connectivity index (χ2n) is 4.04. The van der Waals surface area contributed by atoms with Gasteiger partial charge in [0.2, 0.25) is 5.88 Å². The number of hydrogen-bond acceptors (Lipinski definition) is 5. The van der Waals surface area contributed by atoms with Crippen LogP contribution in [0.2, 0.25) is 5.02 Å². The fourth-order valence-corrected chi connectivity index (χ4v) is 1.89. The summed E-state index contributed by atoms with van der Waals surface area (Å²) in [4.78, 5) is 8.19. The van der Waals surface area contributed by atoms with E-state index in [1.807, 2.05) is 24.3 Å². The number of hydrogen-bond donors (Lipinski definition) is 2. The summed E-state index contributed by atoms with van der Waals surface area (Å²) in [6.45, 7) is 0. The Labute approximate surface area is 116 Å². The molecule has 0 radical (unpaired) electrons. The Morgan fingerprint density at radius 1 is 1.32 bits per heavy atom. The van der Waals surface area contributed by atoms with Crippen LogP contribution in [0.15, 0.2) is 36.7 Å². The van der Waals surface area contributed by atoms with Crippen molar-refractivity contribution in [1.29, 1.82) is 0 Å². The Bertz CT molecular complexity index is 532. The first-order valence-electron chi connectivity index (χ1n) is 5.79. The first-order valence-corrected chi connectivity index (χ1v) is 6.17. The van der Waals surface area contributed by atoms with Gasteiger partial charge in [-0.25, -0.2) is 9.97 Å². The molecule has 2 rings (SSSR count).